The number of thiophene rings is 1. The zero-order chi connectivity index (χ0) is 19.1. The second-order valence-electron chi connectivity index (χ2n) is 7.64. The summed E-state index contributed by atoms with van der Waals surface area (Å²) in [6.07, 6.45) is 2.86. The summed E-state index contributed by atoms with van der Waals surface area (Å²) in [5.41, 5.74) is 3.96. The van der Waals surface area contributed by atoms with E-state index in [-0.39, 0.29) is 11.3 Å². The summed E-state index contributed by atoms with van der Waals surface area (Å²) in [6.45, 7) is 3.50. The van der Waals surface area contributed by atoms with Gasteiger partial charge in [-0.05, 0) is 54.2 Å². The van der Waals surface area contributed by atoms with Crippen LogP contribution in [0.5, 0.6) is 0 Å². The number of rotatable bonds is 3. The predicted octanol–water partition coefficient (Wildman–Crippen LogP) is 4.60. The first-order chi connectivity index (χ1) is 13.6. The van der Waals surface area contributed by atoms with E-state index in [0.717, 1.165) is 48.0 Å². The number of aromatic nitrogens is 1. The molecule has 4 nitrogen and oxygen atoms in total. The standard InChI is InChI=1S/C22H20ClN3OS/c23-18-5-3-16(4-6-18)12-25-10-8-22(14-25)15-26(19-2-1-9-24-20(19)22)21(27)17-7-11-28-13-17/h1-7,9,11,13H,8,10,12,14-15H2. The average molecular weight is 410 g/mol. The van der Waals surface area contributed by atoms with E-state index in [0.29, 0.717) is 6.54 Å². The van der Waals surface area contributed by atoms with Crippen LogP contribution in [0.3, 0.4) is 0 Å². The Kier molecular flexibility index (Phi) is 4.46. The van der Waals surface area contributed by atoms with Crippen LogP contribution in [0.1, 0.15) is 28.0 Å². The number of carbonyl (C=O) groups excluding carboxylic acids is 1. The van der Waals surface area contributed by atoms with Gasteiger partial charge in [-0.1, -0.05) is 23.7 Å². The zero-order valence-electron chi connectivity index (χ0n) is 15.3. The Bertz CT molecular complexity index is 1000. The van der Waals surface area contributed by atoms with Gasteiger partial charge in [0.2, 0.25) is 0 Å². The molecule has 1 aromatic carbocycles. The molecule has 0 saturated carbocycles. The summed E-state index contributed by atoms with van der Waals surface area (Å²) in [4.78, 5) is 22.2. The molecule has 1 fully saturated rings. The molecule has 4 heterocycles. The Morgan fingerprint density at radius 1 is 1.18 bits per heavy atom. The lowest BCUT2D eigenvalue weighted by atomic mass is 9.85. The van der Waals surface area contributed by atoms with Gasteiger partial charge in [-0.3, -0.25) is 14.7 Å². The molecule has 5 rings (SSSR count). The largest absolute Gasteiger partial charge is 0.305 e. The van der Waals surface area contributed by atoms with Gasteiger partial charge in [0.1, 0.15) is 0 Å². The Hall–Kier alpha value is -2.21. The van der Waals surface area contributed by atoms with Crippen LogP contribution >= 0.6 is 22.9 Å². The van der Waals surface area contributed by atoms with Gasteiger partial charge in [0.15, 0.2) is 0 Å². The number of carbonyl (C=O) groups is 1. The third-order valence-corrected chi connectivity index (χ3v) is 6.74. The quantitative estimate of drug-likeness (QED) is 0.634. The summed E-state index contributed by atoms with van der Waals surface area (Å²) in [5.74, 6) is 0.0727. The Morgan fingerprint density at radius 2 is 2.04 bits per heavy atom. The van der Waals surface area contributed by atoms with Gasteiger partial charge in [-0.25, -0.2) is 0 Å². The molecule has 28 heavy (non-hydrogen) atoms. The van der Waals surface area contributed by atoms with Crippen molar-refractivity contribution in [2.24, 2.45) is 0 Å². The molecule has 1 unspecified atom stereocenters. The van der Waals surface area contributed by atoms with E-state index in [1.807, 2.05) is 52.2 Å². The maximum Gasteiger partial charge on any atom is 0.259 e. The minimum atomic E-state index is -0.0886. The number of nitrogens with zero attached hydrogens (tertiary/aromatic N) is 3. The van der Waals surface area contributed by atoms with Gasteiger partial charge in [-0.2, -0.15) is 11.3 Å². The first-order valence-electron chi connectivity index (χ1n) is 9.41. The van der Waals surface area contributed by atoms with Crippen molar-refractivity contribution in [2.75, 3.05) is 24.5 Å². The van der Waals surface area contributed by atoms with Gasteiger partial charge in [0, 0.05) is 41.6 Å². The molecule has 3 aromatic rings. The van der Waals surface area contributed by atoms with Crippen molar-refractivity contribution in [3.63, 3.8) is 0 Å². The van der Waals surface area contributed by atoms with Crippen LogP contribution in [-0.4, -0.2) is 35.4 Å². The predicted molar refractivity (Wildman–Crippen MR) is 113 cm³/mol. The first kappa shape index (κ1) is 17.9. The van der Waals surface area contributed by atoms with Gasteiger partial charge >= 0.3 is 0 Å². The van der Waals surface area contributed by atoms with E-state index >= 15 is 0 Å². The van der Waals surface area contributed by atoms with Crippen LogP contribution in [-0.2, 0) is 12.0 Å². The number of benzene rings is 1. The van der Waals surface area contributed by atoms with Gasteiger partial charge < -0.3 is 4.90 Å². The molecule has 1 atom stereocenters. The Morgan fingerprint density at radius 3 is 2.82 bits per heavy atom. The van der Waals surface area contributed by atoms with Gasteiger partial charge in [0.05, 0.1) is 16.9 Å². The average Bonchev–Trinajstić information content (AvgIpc) is 3.45. The molecular weight excluding hydrogens is 390 g/mol. The number of anilines is 1. The molecule has 1 saturated heterocycles. The molecule has 0 N–H and O–H groups in total. The lowest BCUT2D eigenvalue weighted by Crippen LogP contribution is -2.39. The van der Waals surface area contributed by atoms with Crippen LogP contribution in [0, 0.1) is 0 Å². The van der Waals surface area contributed by atoms with E-state index in [9.17, 15) is 4.79 Å². The second kappa shape index (κ2) is 6.99. The maximum atomic E-state index is 13.1. The maximum absolute atomic E-state index is 13.1. The molecule has 142 valence electrons. The summed E-state index contributed by atoms with van der Waals surface area (Å²) in [5, 5.41) is 4.63. The number of halogens is 1. The fraction of sp³-hybridized carbons (Fsp3) is 0.273. The van der Waals surface area contributed by atoms with Crippen molar-refractivity contribution in [1.82, 2.24) is 9.88 Å². The first-order valence-corrected chi connectivity index (χ1v) is 10.7. The fourth-order valence-corrected chi connectivity index (χ4v) is 5.23. The molecule has 0 radical (unpaired) electrons. The Labute approximate surface area is 173 Å². The van der Waals surface area contributed by atoms with Crippen LogP contribution in [0.2, 0.25) is 5.02 Å². The van der Waals surface area contributed by atoms with Crippen molar-refractivity contribution >= 4 is 34.5 Å². The van der Waals surface area contributed by atoms with Crippen molar-refractivity contribution in [1.29, 1.82) is 0 Å². The van der Waals surface area contributed by atoms with E-state index in [1.54, 1.807) is 11.3 Å². The van der Waals surface area contributed by atoms with Crippen molar-refractivity contribution < 1.29 is 4.79 Å². The minimum Gasteiger partial charge on any atom is -0.305 e. The lowest BCUT2D eigenvalue weighted by molar-refractivity contribution is 0.0985. The van der Waals surface area contributed by atoms with Crippen LogP contribution < -0.4 is 4.90 Å². The highest BCUT2D eigenvalue weighted by atomic mass is 35.5. The fourth-order valence-electron chi connectivity index (χ4n) is 4.47. The zero-order valence-corrected chi connectivity index (χ0v) is 16.9. The Balaban J connectivity index is 1.41. The molecular formula is C22H20ClN3OS. The number of likely N-dealkylation sites (tertiary alicyclic amines) is 1. The van der Waals surface area contributed by atoms with Crippen molar-refractivity contribution in [2.45, 2.75) is 18.4 Å². The molecule has 2 aliphatic rings. The number of hydrogen-bond acceptors (Lipinski definition) is 4. The molecule has 0 aliphatic carbocycles. The molecule has 2 aliphatic heterocycles. The highest BCUT2D eigenvalue weighted by Crippen LogP contribution is 2.45. The summed E-state index contributed by atoms with van der Waals surface area (Å²) >= 11 is 7.57. The van der Waals surface area contributed by atoms with Crippen molar-refractivity contribution in [3.8, 4) is 0 Å². The molecule has 0 bridgehead atoms. The summed E-state index contributed by atoms with van der Waals surface area (Å²) < 4.78 is 0. The smallest absolute Gasteiger partial charge is 0.259 e. The summed E-state index contributed by atoms with van der Waals surface area (Å²) in [7, 11) is 0. The molecule has 2 aromatic heterocycles. The second-order valence-corrected chi connectivity index (χ2v) is 8.86. The molecule has 1 amide bonds. The molecule has 6 heteroatoms. The topological polar surface area (TPSA) is 36.4 Å². The monoisotopic (exact) mass is 409 g/mol. The van der Waals surface area contributed by atoms with Crippen molar-refractivity contribution in [3.05, 3.63) is 81.3 Å². The third kappa shape index (κ3) is 3.04. The highest BCUT2D eigenvalue weighted by Gasteiger charge is 2.49. The van der Waals surface area contributed by atoms with Gasteiger partial charge in [-0.15, -0.1) is 0 Å². The van der Waals surface area contributed by atoms with Crippen LogP contribution in [0.25, 0.3) is 0 Å². The minimum absolute atomic E-state index is 0.0727. The number of fused-ring (bicyclic) bond motifs is 2. The number of pyridine rings is 1. The lowest BCUT2D eigenvalue weighted by Gasteiger charge is -2.25. The van der Waals surface area contributed by atoms with Gasteiger partial charge in [0.25, 0.3) is 5.91 Å². The SMILES string of the molecule is O=C(c1ccsc1)N1CC2(CCN(Cc3ccc(Cl)cc3)C2)c2ncccc21. The third-order valence-electron chi connectivity index (χ3n) is 5.81. The van der Waals surface area contributed by atoms with E-state index in [2.05, 4.69) is 17.0 Å². The highest BCUT2D eigenvalue weighted by molar-refractivity contribution is 7.08. The molecule has 1 spiro atoms. The van der Waals surface area contributed by atoms with E-state index in [1.165, 1.54) is 5.56 Å². The number of hydrogen-bond donors (Lipinski definition) is 0. The van der Waals surface area contributed by atoms with E-state index < -0.39 is 0 Å². The van der Waals surface area contributed by atoms with Crippen LogP contribution in [0.15, 0.2) is 59.4 Å². The van der Waals surface area contributed by atoms with Crippen LogP contribution in [0.4, 0.5) is 5.69 Å². The normalized spacial score (nSPS) is 21.4. The van der Waals surface area contributed by atoms with E-state index in [4.69, 9.17) is 16.6 Å². The number of amides is 1. The summed E-state index contributed by atoms with van der Waals surface area (Å²) in [6, 6.07) is 13.9.